The highest BCUT2D eigenvalue weighted by molar-refractivity contribution is 7.89. The van der Waals surface area contributed by atoms with Crippen LogP contribution in [0.25, 0.3) is 0 Å². The fourth-order valence-corrected chi connectivity index (χ4v) is 6.37. The molecule has 0 fully saturated rings. The van der Waals surface area contributed by atoms with Gasteiger partial charge in [0.1, 0.15) is 5.75 Å². The van der Waals surface area contributed by atoms with Gasteiger partial charge in [0.15, 0.2) is 0 Å². The lowest BCUT2D eigenvalue weighted by atomic mass is 10.0. The Labute approximate surface area is 275 Å². The molecule has 0 saturated carbocycles. The molecule has 0 aromatic heterocycles. The molecule has 2 amide bonds. The van der Waals surface area contributed by atoms with Crippen molar-refractivity contribution >= 4 is 27.5 Å². The number of carbonyl (C=O) groups is 2. The van der Waals surface area contributed by atoms with Crippen molar-refractivity contribution in [1.29, 1.82) is 0 Å². The van der Waals surface area contributed by atoms with Crippen LogP contribution in [-0.2, 0) is 19.6 Å². The maximum absolute atomic E-state index is 14.2. The summed E-state index contributed by atoms with van der Waals surface area (Å²) in [4.78, 5) is 28.0. The average molecular weight is 686 g/mol. The number of fused-ring (bicyclic) bond motifs is 1. The summed E-state index contributed by atoms with van der Waals surface area (Å²) >= 11 is 0. The zero-order valence-electron chi connectivity index (χ0n) is 27.5. The Morgan fingerprint density at radius 2 is 1.83 bits per heavy atom. The van der Waals surface area contributed by atoms with E-state index in [1.54, 1.807) is 31.2 Å². The number of hydrogen-bond donors (Lipinski definition) is 2. The van der Waals surface area contributed by atoms with E-state index in [1.807, 2.05) is 20.8 Å². The third kappa shape index (κ3) is 11.2. The number of sulfonamides is 1. The molecule has 2 aromatic carbocycles. The molecule has 0 radical (unpaired) electrons. The minimum Gasteiger partial charge on any atom is -0.490 e. The van der Waals surface area contributed by atoms with E-state index in [1.165, 1.54) is 34.5 Å². The van der Waals surface area contributed by atoms with Crippen molar-refractivity contribution in [3.8, 4) is 5.75 Å². The predicted octanol–water partition coefficient (Wildman–Crippen LogP) is 5.39. The molecule has 2 aromatic rings. The first-order chi connectivity index (χ1) is 22.0. The summed E-state index contributed by atoms with van der Waals surface area (Å²) in [5, 5.41) is 12.6. The Balaban J connectivity index is 1.94. The standard InChI is InChI=1S/C33H46F3N3O7S/c1-22-9-12-27(13-10-22)47(43,44)38(5)20-30-23(2)19-39(24(3)21-40)32(42)28-18-26(37-31(41)15-16-33(34,35)36)11-14-29(28)46-25(4)8-6-7-17-45-30/h9-14,18,23-25,30,40H,6-8,15-17,19-21H2,1-5H3,(H,37,41)/t23-,24+,25+,30-/m0/s1. The highest BCUT2D eigenvalue weighted by Gasteiger charge is 2.33. The lowest BCUT2D eigenvalue weighted by Gasteiger charge is -2.35. The Bertz CT molecular complexity index is 1450. The highest BCUT2D eigenvalue weighted by Crippen LogP contribution is 2.29. The molecule has 2 N–H and O–H groups in total. The Morgan fingerprint density at radius 1 is 1.15 bits per heavy atom. The van der Waals surface area contributed by atoms with Crippen LogP contribution in [0, 0.1) is 12.8 Å². The number of hydrogen-bond acceptors (Lipinski definition) is 7. The number of amides is 2. The molecule has 0 bridgehead atoms. The van der Waals surface area contributed by atoms with Crippen LogP contribution in [0.2, 0.25) is 0 Å². The second-order valence-electron chi connectivity index (χ2n) is 12.3. The second-order valence-corrected chi connectivity index (χ2v) is 14.3. The maximum Gasteiger partial charge on any atom is 0.389 e. The molecule has 47 heavy (non-hydrogen) atoms. The topological polar surface area (TPSA) is 125 Å². The number of carbonyl (C=O) groups excluding carboxylic acids is 2. The molecule has 262 valence electrons. The van der Waals surface area contributed by atoms with Gasteiger partial charge in [-0.2, -0.15) is 17.5 Å². The first-order valence-electron chi connectivity index (χ1n) is 15.8. The predicted molar refractivity (Wildman–Crippen MR) is 172 cm³/mol. The van der Waals surface area contributed by atoms with Crippen molar-refractivity contribution < 1.29 is 45.8 Å². The van der Waals surface area contributed by atoms with Gasteiger partial charge in [-0.05, 0) is 70.4 Å². The van der Waals surface area contributed by atoms with E-state index < -0.39 is 58.9 Å². The molecule has 1 heterocycles. The van der Waals surface area contributed by atoms with Gasteiger partial charge in [-0.15, -0.1) is 0 Å². The molecule has 0 saturated heterocycles. The van der Waals surface area contributed by atoms with Crippen LogP contribution in [0.15, 0.2) is 47.4 Å². The Morgan fingerprint density at radius 3 is 2.47 bits per heavy atom. The number of halogens is 3. The fraction of sp³-hybridized carbons (Fsp3) is 0.576. The molecule has 4 atom stereocenters. The van der Waals surface area contributed by atoms with Gasteiger partial charge in [0.2, 0.25) is 15.9 Å². The molecule has 1 aliphatic rings. The van der Waals surface area contributed by atoms with Gasteiger partial charge in [0.25, 0.3) is 5.91 Å². The van der Waals surface area contributed by atoms with Crippen LogP contribution >= 0.6 is 0 Å². The van der Waals surface area contributed by atoms with Crippen molar-refractivity contribution in [2.24, 2.45) is 5.92 Å². The molecule has 3 rings (SSSR count). The van der Waals surface area contributed by atoms with Crippen LogP contribution in [-0.4, -0.2) is 92.3 Å². The van der Waals surface area contributed by atoms with Gasteiger partial charge in [0.05, 0.1) is 41.7 Å². The van der Waals surface area contributed by atoms with Crippen LogP contribution in [0.5, 0.6) is 5.75 Å². The number of alkyl halides is 3. The van der Waals surface area contributed by atoms with Crippen molar-refractivity contribution in [1.82, 2.24) is 9.21 Å². The van der Waals surface area contributed by atoms with E-state index in [2.05, 4.69) is 5.32 Å². The van der Waals surface area contributed by atoms with E-state index in [4.69, 9.17) is 9.47 Å². The molecule has 0 spiro atoms. The number of aliphatic hydroxyl groups is 1. The number of nitrogens with one attached hydrogen (secondary N) is 1. The van der Waals surface area contributed by atoms with Crippen molar-refractivity contribution in [3.05, 3.63) is 53.6 Å². The monoisotopic (exact) mass is 685 g/mol. The SMILES string of the molecule is Cc1ccc(S(=O)(=O)N(C)C[C@@H]2OCCCC[C@@H](C)Oc3ccc(NC(=O)CCC(F)(F)F)cc3C(=O)N([C@H](C)CO)C[C@@H]2C)cc1. The van der Waals surface area contributed by atoms with E-state index in [-0.39, 0.29) is 47.7 Å². The van der Waals surface area contributed by atoms with E-state index in [0.717, 1.165) is 12.0 Å². The summed E-state index contributed by atoms with van der Waals surface area (Å²) in [5.74, 6) is -1.57. The summed E-state index contributed by atoms with van der Waals surface area (Å²) in [6.07, 6.45) is -5.46. The summed E-state index contributed by atoms with van der Waals surface area (Å²) in [6.45, 7) is 7.26. The van der Waals surface area contributed by atoms with E-state index in [0.29, 0.717) is 19.4 Å². The fourth-order valence-electron chi connectivity index (χ4n) is 5.18. The highest BCUT2D eigenvalue weighted by atomic mass is 32.2. The molecular weight excluding hydrogens is 639 g/mol. The van der Waals surface area contributed by atoms with Gasteiger partial charge in [-0.3, -0.25) is 9.59 Å². The van der Waals surface area contributed by atoms with Gasteiger partial charge in [0, 0.05) is 44.8 Å². The third-order valence-electron chi connectivity index (χ3n) is 8.14. The molecular formula is C33H46F3N3O7S. The Hall–Kier alpha value is -3.20. The minimum absolute atomic E-state index is 0.0110. The van der Waals surface area contributed by atoms with E-state index in [9.17, 15) is 36.3 Å². The molecule has 14 heteroatoms. The lowest BCUT2D eigenvalue weighted by Crippen LogP contribution is -2.48. The molecule has 0 aliphatic carbocycles. The largest absolute Gasteiger partial charge is 0.490 e. The Kier molecular flexibility index (Phi) is 13.6. The third-order valence-corrected chi connectivity index (χ3v) is 9.97. The quantitative estimate of drug-likeness (QED) is 0.363. The summed E-state index contributed by atoms with van der Waals surface area (Å²) in [5.41, 5.74) is 1.11. The number of likely N-dealkylation sites (N-methyl/N-ethyl adjacent to an activating group) is 1. The van der Waals surface area contributed by atoms with Gasteiger partial charge < -0.3 is 24.8 Å². The minimum atomic E-state index is -4.49. The zero-order valence-corrected chi connectivity index (χ0v) is 28.4. The van der Waals surface area contributed by atoms with Crippen molar-refractivity contribution in [2.75, 3.05) is 38.7 Å². The number of ether oxygens (including phenoxy) is 2. The van der Waals surface area contributed by atoms with Crippen molar-refractivity contribution in [2.45, 2.75) is 89.1 Å². The van der Waals surface area contributed by atoms with Crippen LogP contribution in [0.4, 0.5) is 18.9 Å². The van der Waals surface area contributed by atoms with Crippen LogP contribution < -0.4 is 10.1 Å². The van der Waals surface area contributed by atoms with Crippen molar-refractivity contribution in [3.63, 3.8) is 0 Å². The molecule has 10 nitrogen and oxygen atoms in total. The maximum atomic E-state index is 14.2. The number of aliphatic hydroxyl groups excluding tert-OH is 1. The number of aryl methyl sites for hydroxylation is 1. The first-order valence-corrected chi connectivity index (χ1v) is 17.2. The average Bonchev–Trinajstić information content (AvgIpc) is 3.01. The summed E-state index contributed by atoms with van der Waals surface area (Å²) < 4.78 is 78.4. The smallest absolute Gasteiger partial charge is 0.389 e. The number of benzene rings is 2. The molecule has 0 unspecified atom stereocenters. The summed E-state index contributed by atoms with van der Waals surface area (Å²) in [7, 11) is -2.36. The number of nitrogens with zero attached hydrogens (tertiary/aromatic N) is 2. The summed E-state index contributed by atoms with van der Waals surface area (Å²) in [6, 6.07) is 10.2. The first kappa shape index (κ1) is 38.2. The van der Waals surface area contributed by atoms with Gasteiger partial charge >= 0.3 is 6.18 Å². The van der Waals surface area contributed by atoms with Crippen LogP contribution in [0.1, 0.15) is 68.8 Å². The number of rotatable bonds is 9. The normalized spacial score (nSPS) is 21.0. The van der Waals surface area contributed by atoms with Gasteiger partial charge in [-0.1, -0.05) is 24.6 Å². The second kappa shape index (κ2) is 16.8. The van der Waals surface area contributed by atoms with Gasteiger partial charge in [-0.25, -0.2) is 8.42 Å². The van der Waals surface area contributed by atoms with E-state index >= 15 is 0 Å². The van der Waals surface area contributed by atoms with Crippen LogP contribution in [0.3, 0.4) is 0 Å². The number of anilines is 1. The zero-order chi connectivity index (χ0) is 34.9. The molecule has 1 aliphatic heterocycles. The lowest BCUT2D eigenvalue weighted by molar-refractivity contribution is -0.142.